The summed E-state index contributed by atoms with van der Waals surface area (Å²) in [5, 5.41) is 21.4. The van der Waals surface area contributed by atoms with Crippen molar-refractivity contribution in [1.29, 1.82) is 0 Å². The Morgan fingerprint density at radius 1 is 1.00 bits per heavy atom. The van der Waals surface area contributed by atoms with E-state index in [0.717, 1.165) is 36.3 Å². The SMILES string of the molecule is O=c1n(CCCC2CCCC2)nnn1-c1ccc(S(=O)(=O)Nc2ccc(CCNC[C@@H](O)c3cccnc3)cc2)cc1. The first kappa shape index (κ1) is 29.6. The Balaban J connectivity index is 1.11. The fraction of sp³-hybridized carbons (Fsp3) is 0.400. The molecule has 0 amide bonds. The Morgan fingerprint density at radius 2 is 1.76 bits per heavy atom. The molecule has 12 heteroatoms. The van der Waals surface area contributed by atoms with E-state index in [1.165, 1.54) is 47.2 Å². The van der Waals surface area contributed by atoms with Crippen LogP contribution in [0.2, 0.25) is 0 Å². The van der Waals surface area contributed by atoms with Crippen LogP contribution in [-0.4, -0.2) is 51.4 Å². The van der Waals surface area contributed by atoms with Gasteiger partial charge >= 0.3 is 5.69 Å². The van der Waals surface area contributed by atoms with E-state index in [2.05, 4.69) is 25.4 Å². The molecular weight excluding hydrogens is 554 g/mol. The third kappa shape index (κ3) is 7.69. The number of aliphatic hydroxyl groups is 1. The molecule has 222 valence electrons. The number of pyridine rings is 1. The van der Waals surface area contributed by atoms with Gasteiger partial charge in [0, 0.05) is 36.7 Å². The van der Waals surface area contributed by atoms with E-state index in [9.17, 15) is 18.3 Å². The molecule has 0 spiro atoms. The molecule has 0 bridgehead atoms. The maximum absolute atomic E-state index is 13.0. The van der Waals surface area contributed by atoms with Crippen LogP contribution < -0.4 is 15.7 Å². The Labute approximate surface area is 245 Å². The summed E-state index contributed by atoms with van der Waals surface area (Å²) in [7, 11) is -3.83. The van der Waals surface area contributed by atoms with E-state index in [-0.39, 0.29) is 10.6 Å². The van der Waals surface area contributed by atoms with Crippen molar-refractivity contribution in [2.75, 3.05) is 17.8 Å². The van der Waals surface area contributed by atoms with Gasteiger partial charge in [0.05, 0.1) is 16.7 Å². The lowest BCUT2D eigenvalue weighted by Gasteiger charge is -2.12. The zero-order valence-electron chi connectivity index (χ0n) is 23.5. The average molecular weight is 592 g/mol. The first-order chi connectivity index (χ1) is 20.4. The Morgan fingerprint density at radius 3 is 2.48 bits per heavy atom. The van der Waals surface area contributed by atoms with E-state index >= 15 is 0 Å². The van der Waals surface area contributed by atoms with E-state index < -0.39 is 16.1 Å². The van der Waals surface area contributed by atoms with E-state index in [4.69, 9.17) is 0 Å². The average Bonchev–Trinajstić information content (AvgIpc) is 3.66. The van der Waals surface area contributed by atoms with Crippen LogP contribution in [0.25, 0.3) is 5.69 Å². The predicted molar refractivity (Wildman–Crippen MR) is 160 cm³/mol. The zero-order valence-corrected chi connectivity index (χ0v) is 24.3. The topological polar surface area (TPSA) is 144 Å². The molecule has 0 saturated heterocycles. The summed E-state index contributed by atoms with van der Waals surface area (Å²) in [6.07, 6.45) is 10.5. The molecule has 4 aromatic rings. The standard InChI is InChI=1S/C30H37N7O4S/c38-29(25-8-3-18-31-21-25)22-32-19-17-24-9-11-26(12-10-24)33-42(40,41)28-15-13-27(14-16-28)37-30(39)36(34-35-37)20-4-7-23-5-1-2-6-23/h3,8-16,18,21,23,29,32-33,38H,1-2,4-7,17,19-20,22H2/t29-/m1/s1. The molecule has 1 atom stereocenters. The minimum Gasteiger partial charge on any atom is -0.387 e. The Kier molecular flexibility index (Phi) is 9.78. The highest BCUT2D eigenvalue weighted by Crippen LogP contribution is 2.28. The third-order valence-electron chi connectivity index (χ3n) is 7.69. The number of rotatable bonds is 14. The van der Waals surface area contributed by atoms with Crippen LogP contribution in [0.5, 0.6) is 0 Å². The van der Waals surface area contributed by atoms with E-state index in [1.807, 2.05) is 18.2 Å². The molecule has 2 aromatic heterocycles. The predicted octanol–water partition coefficient (Wildman–Crippen LogP) is 3.46. The van der Waals surface area contributed by atoms with Crippen molar-refractivity contribution in [2.24, 2.45) is 5.92 Å². The molecule has 1 fully saturated rings. The minimum atomic E-state index is -3.83. The van der Waals surface area contributed by atoms with Gasteiger partial charge in [0.15, 0.2) is 0 Å². The summed E-state index contributed by atoms with van der Waals surface area (Å²) in [5.41, 5.74) is 2.35. The molecule has 0 unspecified atom stereocenters. The van der Waals surface area contributed by atoms with Crippen molar-refractivity contribution in [1.82, 2.24) is 30.1 Å². The van der Waals surface area contributed by atoms with Gasteiger partial charge in [0.2, 0.25) is 0 Å². The molecule has 2 aromatic carbocycles. The molecule has 3 N–H and O–H groups in total. The van der Waals surface area contributed by atoms with Crippen LogP contribution in [-0.2, 0) is 23.0 Å². The highest BCUT2D eigenvalue weighted by atomic mass is 32.2. The van der Waals surface area contributed by atoms with Crippen LogP contribution >= 0.6 is 0 Å². The Hall–Kier alpha value is -3.87. The van der Waals surface area contributed by atoms with Gasteiger partial charge in [-0.15, -0.1) is 0 Å². The zero-order chi connectivity index (χ0) is 29.4. The lowest BCUT2D eigenvalue weighted by Crippen LogP contribution is -2.24. The molecule has 1 aliphatic carbocycles. The number of benzene rings is 2. The van der Waals surface area contributed by atoms with Gasteiger partial charge in [-0.25, -0.2) is 13.2 Å². The fourth-order valence-corrected chi connectivity index (χ4v) is 6.35. The molecule has 0 aliphatic heterocycles. The number of aryl methyl sites for hydroxylation is 1. The van der Waals surface area contributed by atoms with Gasteiger partial charge in [-0.2, -0.15) is 9.36 Å². The number of aliphatic hydroxyl groups excluding tert-OH is 1. The van der Waals surface area contributed by atoms with Gasteiger partial charge in [-0.3, -0.25) is 9.71 Å². The molecule has 1 saturated carbocycles. The molecule has 0 radical (unpaired) electrons. The normalized spacial score (nSPS) is 14.7. The maximum atomic E-state index is 13.0. The lowest BCUT2D eigenvalue weighted by molar-refractivity contribution is 0.174. The lowest BCUT2D eigenvalue weighted by atomic mass is 10.0. The summed E-state index contributed by atoms with van der Waals surface area (Å²) in [5.74, 6) is 0.753. The minimum absolute atomic E-state index is 0.0729. The van der Waals surface area contributed by atoms with Crippen LogP contribution in [0.3, 0.4) is 0 Å². The highest BCUT2D eigenvalue weighted by Gasteiger charge is 2.17. The third-order valence-corrected chi connectivity index (χ3v) is 9.09. The number of hydrogen-bond acceptors (Lipinski definition) is 8. The Bertz CT molecular complexity index is 1580. The van der Waals surface area contributed by atoms with Gasteiger partial charge in [0.1, 0.15) is 0 Å². The van der Waals surface area contributed by atoms with Gasteiger partial charge in [0.25, 0.3) is 10.0 Å². The fourth-order valence-electron chi connectivity index (χ4n) is 5.29. The molecule has 5 rings (SSSR count). The molecule has 1 aliphatic rings. The van der Waals surface area contributed by atoms with Crippen molar-refractivity contribution in [2.45, 2.75) is 62.5 Å². The van der Waals surface area contributed by atoms with Crippen molar-refractivity contribution in [3.05, 3.63) is 94.7 Å². The largest absolute Gasteiger partial charge is 0.387 e. The summed E-state index contributed by atoms with van der Waals surface area (Å²) >= 11 is 0. The summed E-state index contributed by atoms with van der Waals surface area (Å²) < 4.78 is 31.1. The molecule has 42 heavy (non-hydrogen) atoms. The second kappa shape index (κ2) is 13.9. The number of nitrogens with zero attached hydrogens (tertiary/aromatic N) is 5. The van der Waals surface area contributed by atoms with E-state index in [1.54, 1.807) is 42.7 Å². The second-order valence-electron chi connectivity index (χ2n) is 10.7. The van der Waals surface area contributed by atoms with Crippen LogP contribution in [0.4, 0.5) is 5.69 Å². The van der Waals surface area contributed by atoms with Crippen molar-refractivity contribution in [3.63, 3.8) is 0 Å². The van der Waals surface area contributed by atoms with Gasteiger partial charge in [-0.1, -0.05) is 43.9 Å². The maximum Gasteiger partial charge on any atom is 0.368 e. The number of tetrazole rings is 1. The monoisotopic (exact) mass is 591 g/mol. The number of aromatic nitrogens is 5. The number of hydrogen-bond donors (Lipinski definition) is 3. The molecule has 2 heterocycles. The quantitative estimate of drug-likeness (QED) is 0.189. The highest BCUT2D eigenvalue weighted by molar-refractivity contribution is 7.92. The van der Waals surface area contributed by atoms with E-state index in [0.29, 0.717) is 31.0 Å². The van der Waals surface area contributed by atoms with Crippen LogP contribution in [0.15, 0.2) is 82.7 Å². The smallest absolute Gasteiger partial charge is 0.368 e. The second-order valence-corrected chi connectivity index (χ2v) is 12.4. The molecule has 11 nitrogen and oxygen atoms in total. The number of nitrogens with one attached hydrogen (secondary N) is 2. The number of sulfonamides is 1. The summed E-state index contributed by atoms with van der Waals surface area (Å²) in [6.45, 7) is 1.60. The number of anilines is 1. The summed E-state index contributed by atoms with van der Waals surface area (Å²) in [6, 6.07) is 16.8. The van der Waals surface area contributed by atoms with Crippen LogP contribution in [0, 0.1) is 5.92 Å². The van der Waals surface area contributed by atoms with Crippen molar-refractivity contribution >= 4 is 15.7 Å². The summed E-state index contributed by atoms with van der Waals surface area (Å²) in [4.78, 5) is 16.9. The van der Waals surface area contributed by atoms with Gasteiger partial charge < -0.3 is 10.4 Å². The first-order valence-electron chi connectivity index (χ1n) is 14.4. The van der Waals surface area contributed by atoms with Crippen molar-refractivity contribution < 1.29 is 13.5 Å². The first-order valence-corrected chi connectivity index (χ1v) is 15.9. The van der Waals surface area contributed by atoms with Crippen molar-refractivity contribution in [3.8, 4) is 5.69 Å². The molecular formula is C30H37N7O4S. The van der Waals surface area contributed by atoms with Gasteiger partial charge in [-0.05, 0) is 90.2 Å². The van der Waals surface area contributed by atoms with Crippen LogP contribution in [0.1, 0.15) is 55.8 Å².